The van der Waals surface area contributed by atoms with E-state index in [0.717, 1.165) is 66.0 Å². The minimum atomic E-state index is -4.39. The van der Waals surface area contributed by atoms with Crippen LogP contribution >= 0.6 is 15.9 Å². The predicted octanol–water partition coefficient (Wildman–Crippen LogP) is 6.31. The summed E-state index contributed by atoms with van der Waals surface area (Å²) in [5.41, 5.74) is 3.55. The average Bonchev–Trinajstić information content (AvgIpc) is 3.02. The molecule has 0 bridgehead atoms. The third-order valence-electron chi connectivity index (χ3n) is 5.58. The molecule has 1 aliphatic heterocycles. The van der Waals surface area contributed by atoms with Crippen LogP contribution in [0.4, 0.5) is 18.9 Å². The molecule has 1 fully saturated rings. The van der Waals surface area contributed by atoms with Crippen molar-refractivity contribution in [2.75, 3.05) is 18.0 Å². The van der Waals surface area contributed by atoms with Gasteiger partial charge in [0.2, 0.25) is 6.04 Å². The van der Waals surface area contributed by atoms with Gasteiger partial charge in [0.15, 0.2) is 0 Å². The molecule has 30 heavy (non-hydrogen) atoms. The zero-order valence-corrected chi connectivity index (χ0v) is 18.2. The predicted molar refractivity (Wildman–Crippen MR) is 115 cm³/mol. The molecule has 2 aromatic heterocycles. The van der Waals surface area contributed by atoms with Gasteiger partial charge in [0.1, 0.15) is 5.65 Å². The first-order valence-corrected chi connectivity index (χ1v) is 10.5. The highest BCUT2D eigenvalue weighted by Gasteiger charge is 2.31. The van der Waals surface area contributed by atoms with E-state index in [1.165, 1.54) is 6.07 Å². The largest absolute Gasteiger partial charge is 0.416 e. The summed E-state index contributed by atoms with van der Waals surface area (Å²) in [7, 11) is 0. The SMILES string of the molecule is [C-]#[N+]C1CCN(c2cc(C)nc3c2c(C)cn3-c2ccc(C(F)(F)F)cc2Br)CC1. The highest BCUT2D eigenvalue weighted by molar-refractivity contribution is 9.10. The number of aromatic nitrogens is 2. The Balaban J connectivity index is 1.83. The Labute approximate surface area is 181 Å². The van der Waals surface area contributed by atoms with Crippen molar-refractivity contribution >= 4 is 32.7 Å². The monoisotopic (exact) mass is 476 g/mol. The van der Waals surface area contributed by atoms with Crippen molar-refractivity contribution in [2.24, 2.45) is 0 Å². The maximum absolute atomic E-state index is 13.1. The zero-order chi connectivity index (χ0) is 21.6. The van der Waals surface area contributed by atoms with Crippen LogP contribution in [0.2, 0.25) is 0 Å². The number of fused-ring (bicyclic) bond motifs is 1. The Morgan fingerprint density at radius 1 is 1.13 bits per heavy atom. The summed E-state index contributed by atoms with van der Waals surface area (Å²) < 4.78 is 41.4. The lowest BCUT2D eigenvalue weighted by atomic mass is 10.0. The van der Waals surface area contributed by atoms with Crippen LogP contribution in [0.25, 0.3) is 21.6 Å². The third kappa shape index (κ3) is 3.67. The summed E-state index contributed by atoms with van der Waals surface area (Å²) in [6, 6.07) is 5.79. The van der Waals surface area contributed by atoms with Gasteiger partial charge >= 0.3 is 6.18 Å². The van der Waals surface area contributed by atoms with Gasteiger partial charge in [-0.2, -0.15) is 13.2 Å². The van der Waals surface area contributed by atoms with E-state index >= 15 is 0 Å². The van der Waals surface area contributed by atoms with Crippen LogP contribution in [0, 0.1) is 20.4 Å². The van der Waals surface area contributed by atoms with Crippen LogP contribution < -0.4 is 4.90 Å². The molecule has 4 rings (SSSR count). The molecule has 1 saturated heterocycles. The topological polar surface area (TPSA) is 25.4 Å². The molecular formula is C22H20BrF3N4. The number of alkyl halides is 3. The molecule has 0 amide bonds. The molecule has 1 aliphatic rings. The fourth-order valence-corrected chi connectivity index (χ4v) is 4.63. The van der Waals surface area contributed by atoms with Crippen LogP contribution in [-0.4, -0.2) is 28.7 Å². The van der Waals surface area contributed by atoms with Crippen molar-refractivity contribution in [2.45, 2.75) is 38.9 Å². The fourth-order valence-electron chi connectivity index (χ4n) is 4.06. The summed E-state index contributed by atoms with van der Waals surface area (Å²) >= 11 is 3.31. The molecule has 0 atom stereocenters. The van der Waals surface area contributed by atoms with E-state index in [0.29, 0.717) is 10.2 Å². The molecule has 4 nitrogen and oxygen atoms in total. The lowest BCUT2D eigenvalue weighted by molar-refractivity contribution is -0.137. The number of benzene rings is 1. The molecule has 156 valence electrons. The molecule has 3 heterocycles. The minimum absolute atomic E-state index is 0.0773. The first-order chi connectivity index (χ1) is 14.2. The van der Waals surface area contributed by atoms with Gasteiger partial charge in [0, 0.05) is 53.4 Å². The Bertz CT molecular complexity index is 1150. The lowest BCUT2D eigenvalue weighted by Gasteiger charge is -2.30. The van der Waals surface area contributed by atoms with Crippen molar-refractivity contribution < 1.29 is 13.2 Å². The molecule has 0 radical (unpaired) electrons. The van der Waals surface area contributed by atoms with Crippen molar-refractivity contribution in [1.29, 1.82) is 0 Å². The van der Waals surface area contributed by atoms with Gasteiger partial charge < -0.3 is 9.74 Å². The maximum atomic E-state index is 13.1. The van der Waals surface area contributed by atoms with E-state index < -0.39 is 11.7 Å². The van der Waals surface area contributed by atoms with Crippen LogP contribution in [0.3, 0.4) is 0 Å². The van der Waals surface area contributed by atoms with E-state index in [2.05, 4.69) is 31.7 Å². The molecule has 0 N–H and O–H groups in total. The number of halogens is 4. The van der Waals surface area contributed by atoms with Gasteiger partial charge in [-0.3, -0.25) is 4.57 Å². The van der Waals surface area contributed by atoms with Gasteiger partial charge in [0.05, 0.1) is 11.3 Å². The highest BCUT2D eigenvalue weighted by atomic mass is 79.9. The molecule has 0 unspecified atom stereocenters. The third-order valence-corrected chi connectivity index (χ3v) is 6.21. The summed E-state index contributed by atoms with van der Waals surface area (Å²) in [4.78, 5) is 10.7. The van der Waals surface area contributed by atoms with Gasteiger partial charge in [-0.25, -0.2) is 11.6 Å². The Morgan fingerprint density at radius 3 is 2.43 bits per heavy atom. The Morgan fingerprint density at radius 2 is 1.83 bits per heavy atom. The molecule has 0 aliphatic carbocycles. The van der Waals surface area contributed by atoms with Crippen molar-refractivity contribution in [3.63, 3.8) is 0 Å². The number of nitrogens with zero attached hydrogens (tertiary/aromatic N) is 4. The van der Waals surface area contributed by atoms with Crippen molar-refractivity contribution in [3.8, 4) is 5.69 Å². The number of pyridine rings is 1. The number of hydrogen-bond acceptors (Lipinski definition) is 2. The van der Waals surface area contributed by atoms with Crippen molar-refractivity contribution in [1.82, 2.24) is 9.55 Å². The maximum Gasteiger partial charge on any atom is 0.416 e. The number of hydrogen-bond donors (Lipinski definition) is 0. The van der Waals surface area contributed by atoms with E-state index in [9.17, 15) is 13.2 Å². The minimum Gasteiger partial charge on any atom is -0.370 e. The molecule has 0 saturated carbocycles. The van der Waals surface area contributed by atoms with Crippen LogP contribution in [0.5, 0.6) is 0 Å². The first kappa shape index (κ1) is 20.7. The van der Waals surface area contributed by atoms with E-state index in [4.69, 9.17) is 11.6 Å². The number of rotatable bonds is 2. The van der Waals surface area contributed by atoms with Crippen LogP contribution in [0.15, 0.2) is 34.9 Å². The van der Waals surface area contributed by atoms with Crippen LogP contribution in [-0.2, 0) is 6.18 Å². The highest BCUT2D eigenvalue weighted by Crippen LogP contribution is 2.37. The second-order valence-corrected chi connectivity index (χ2v) is 8.53. The summed E-state index contributed by atoms with van der Waals surface area (Å²) in [6.07, 6.45) is -0.817. The summed E-state index contributed by atoms with van der Waals surface area (Å²) in [6.45, 7) is 12.8. The standard InChI is InChI=1S/C22H20BrF3N4/c1-13-12-30(18-5-4-15(11-17(18)23)22(24,25)26)21-20(13)19(10-14(2)28-21)29-8-6-16(27-3)7-9-29/h4-5,10-12,16H,6-9H2,1-2H3. The first-order valence-electron chi connectivity index (χ1n) is 9.67. The second-order valence-electron chi connectivity index (χ2n) is 7.67. The zero-order valence-electron chi connectivity index (χ0n) is 16.6. The quantitative estimate of drug-likeness (QED) is 0.404. The van der Waals surface area contributed by atoms with E-state index in [-0.39, 0.29) is 6.04 Å². The van der Waals surface area contributed by atoms with Crippen LogP contribution in [0.1, 0.15) is 29.7 Å². The lowest BCUT2D eigenvalue weighted by Crippen LogP contribution is -2.35. The Hall–Kier alpha value is -2.53. The normalized spacial score (nSPS) is 15.6. The average molecular weight is 477 g/mol. The smallest absolute Gasteiger partial charge is 0.370 e. The molecule has 1 aromatic carbocycles. The molecule has 0 spiro atoms. The molecular weight excluding hydrogens is 457 g/mol. The summed E-state index contributed by atoms with van der Waals surface area (Å²) in [5.74, 6) is 0. The van der Waals surface area contributed by atoms with Crippen molar-refractivity contribution in [3.05, 3.63) is 63.2 Å². The van der Waals surface area contributed by atoms with Gasteiger partial charge in [-0.15, -0.1) is 0 Å². The van der Waals surface area contributed by atoms with Gasteiger partial charge in [0.25, 0.3) is 0 Å². The van der Waals surface area contributed by atoms with E-state index in [1.807, 2.05) is 24.6 Å². The van der Waals surface area contributed by atoms with E-state index in [1.54, 1.807) is 0 Å². The number of piperidine rings is 1. The second kappa shape index (κ2) is 7.62. The number of aryl methyl sites for hydroxylation is 2. The fraction of sp³-hybridized carbons (Fsp3) is 0.364. The Kier molecular flexibility index (Phi) is 5.27. The molecule has 3 aromatic rings. The summed E-state index contributed by atoms with van der Waals surface area (Å²) in [5, 5.41) is 0.994. The number of anilines is 1. The molecule has 8 heteroatoms. The van der Waals surface area contributed by atoms with Gasteiger partial charge in [-0.05, 0) is 59.6 Å². The van der Waals surface area contributed by atoms with Gasteiger partial charge in [-0.1, -0.05) is 0 Å².